The van der Waals surface area contributed by atoms with Crippen molar-refractivity contribution in [1.29, 1.82) is 0 Å². The van der Waals surface area contributed by atoms with Crippen LogP contribution in [0.4, 0.5) is 5.69 Å². The van der Waals surface area contributed by atoms with Crippen molar-refractivity contribution >= 4 is 5.69 Å². The van der Waals surface area contributed by atoms with Gasteiger partial charge in [-0.1, -0.05) is 0 Å². The number of nitrogens with zero attached hydrogens (tertiary/aromatic N) is 2. The normalized spacial score (nSPS) is 21.3. The van der Waals surface area contributed by atoms with Gasteiger partial charge in [0.25, 0.3) is 0 Å². The monoisotopic (exact) mass is 236 g/mol. The van der Waals surface area contributed by atoms with E-state index in [2.05, 4.69) is 23.7 Å². The van der Waals surface area contributed by atoms with E-state index in [9.17, 15) is 5.11 Å². The molecule has 0 unspecified atom stereocenters. The van der Waals surface area contributed by atoms with E-state index in [4.69, 9.17) is 4.74 Å². The Morgan fingerprint density at radius 3 is 2.76 bits per heavy atom. The summed E-state index contributed by atoms with van der Waals surface area (Å²) in [5.74, 6) is 0. The summed E-state index contributed by atoms with van der Waals surface area (Å²) in [6.07, 6.45) is 1.32. The summed E-state index contributed by atoms with van der Waals surface area (Å²) >= 11 is 0. The first kappa shape index (κ1) is 12.3. The fourth-order valence-corrected chi connectivity index (χ4v) is 2.14. The highest BCUT2D eigenvalue weighted by molar-refractivity contribution is 5.47. The second-order valence-electron chi connectivity index (χ2n) is 5.13. The number of anilines is 1. The minimum Gasteiger partial charge on any atom is -0.387 e. The second kappa shape index (κ2) is 4.63. The zero-order valence-electron chi connectivity index (χ0n) is 10.7. The molecule has 2 heterocycles. The Hall–Kier alpha value is -1.13. The molecule has 1 fully saturated rings. The van der Waals surface area contributed by atoms with Crippen LogP contribution in [0.5, 0.6) is 0 Å². The molecule has 1 aliphatic rings. The van der Waals surface area contributed by atoms with Gasteiger partial charge >= 0.3 is 0 Å². The minimum absolute atomic E-state index is 0.00766. The van der Waals surface area contributed by atoms with Crippen LogP contribution in [0, 0.1) is 0 Å². The molecule has 1 aliphatic heterocycles. The number of aliphatic hydroxyl groups excluding tert-OH is 1. The van der Waals surface area contributed by atoms with Gasteiger partial charge in [0.05, 0.1) is 42.4 Å². The first-order valence-corrected chi connectivity index (χ1v) is 6.00. The fraction of sp³-hybridized carbons (Fsp3) is 0.615. The van der Waals surface area contributed by atoms with Crippen LogP contribution in [-0.2, 0) is 4.74 Å². The van der Waals surface area contributed by atoms with Crippen molar-refractivity contribution in [2.45, 2.75) is 32.4 Å². The van der Waals surface area contributed by atoms with Crippen LogP contribution in [0.25, 0.3) is 0 Å². The lowest BCUT2D eigenvalue weighted by molar-refractivity contribution is 0.0643. The van der Waals surface area contributed by atoms with Gasteiger partial charge < -0.3 is 14.7 Å². The smallest absolute Gasteiger partial charge is 0.0931 e. The van der Waals surface area contributed by atoms with E-state index >= 15 is 0 Å². The van der Waals surface area contributed by atoms with Crippen LogP contribution in [0.3, 0.4) is 0 Å². The van der Waals surface area contributed by atoms with Gasteiger partial charge in [-0.25, -0.2) is 0 Å². The minimum atomic E-state index is -0.512. The Kier molecular flexibility index (Phi) is 3.35. The van der Waals surface area contributed by atoms with Crippen LogP contribution in [-0.4, -0.2) is 35.4 Å². The Bertz CT molecular complexity index is 374. The molecule has 0 radical (unpaired) electrons. The summed E-state index contributed by atoms with van der Waals surface area (Å²) in [5, 5.41) is 9.43. The van der Waals surface area contributed by atoms with E-state index in [0.717, 1.165) is 25.4 Å². The summed E-state index contributed by atoms with van der Waals surface area (Å²) in [6.45, 7) is 8.40. The summed E-state index contributed by atoms with van der Waals surface area (Å²) in [5.41, 5.74) is 1.79. The molecule has 0 bridgehead atoms. The molecule has 0 saturated carbocycles. The Morgan fingerprint density at radius 2 is 2.24 bits per heavy atom. The number of ether oxygens (including phenoxy) is 1. The first-order chi connectivity index (χ1) is 8.00. The predicted octanol–water partition coefficient (Wildman–Crippen LogP) is 1.75. The predicted molar refractivity (Wildman–Crippen MR) is 67.1 cm³/mol. The molecule has 17 heavy (non-hydrogen) atoms. The average molecular weight is 236 g/mol. The Labute approximate surface area is 102 Å². The number of hydrogen-bond acceptors (Lipinski definition) is 4. The molecule has 1 aromatic heterocycles. The molecular formula is C13H20N2O2. The van der Waals surface area contributed by atoms with Crippen LogP contribution < -0.4 is 4.90 Å². The zero-order chi connectivity index (χ0) is 12.5. The molecule has 94 valence electrons. The summed E-state index contributed by atoms with van der Waals surface area (Å²) in [6, 6.07) is 3.90. The van der Waals surface area contributed by atoms with E-state index in [-0.39, 0.29) is 5.54 Å². The van der Waals surface area contributed by atoms with E-state index in [1.54, 1.807) is 6.92 Å². The number of hydrogen-bond donors (Lipinski definition) is 1. The lowest BCUT2D eigenvalue weighted by Crippen LogP contribution is -2.53. The van der Waals surface area contributed by atoms with Crippen LogP contribution in [0.1, 0.15) is 32.6 Å². The van der Waals surface area contributed by atoms with E-state index in [1.807, 2.05) is 18.3 Å². The molecule has 2 rings (SSSR count). The molecule has 4 nitrogen and oxygen atoms in total. The summed E-state index contributed by atoms with van der Waals surface area (Å²) in [4.78, 5) is 6.59. The van der Waals surface area contributed by atoms with Gasteiger partial charge in [-0.05, 0) is 32.9 Å². The molecule has 0 aromatic carbocycles. The third-order valence-electron chi connectivity index (χ3n) is 3.16. The quantitative estimate of drug-likeness (QED) is 0.849. The van der Waals surface area contributed by atoms with E-state index < -0.39 is 6.10 Å². The maximum atomic E-state index is 9.43. The molecule has 0 spiro atoms. The lowest BCUT2D eigenvalue weighted by Gasteiger charge is -2.43. The van der Waals surface area contributed by atoms with Gasteiger partial charge in [-0.2, -0.15) is 0 Å². The standard InChI is InChI=1S/C13H20N2O2/c1-10(16)12-5-4-11(8-14-12)15-6-7-17-9-13(15,2)3/h4-5,8,10,16H,6-7,9H2,1-3H3/t10-/m0/s1. The summed E-state index contributed by atoms with van der Waals surface area (Å²) in [7, 11) is 0. The maximum Gasteiger partial charge on any atom is 0.0931 e. The van der Waals surface area contributed by atoms with Gasteiger partial charge in [0.15, 0.2) is 0 Å². The van der Waals surface area contributed by atoms with Crippen molar-refractivity contribution in [3.63, 3.8) is 0 Å². The van der Waals surface area contributed by atoms with Crippen molar-refractivity contribution in [2.24, 2.45) is 0 Å². The van der Waals surface area contributed by atoms with Gasteiger partial charge in [0.2, 0.25) is 0 Å². The molecule has 1 atom stereocenters. The molecule has 4 heteroatoms. The van der Waals surface area contributed by atoms with E-state index in [1.165, 1.54) is 0 Å². The molecule has 0 aliphatic carbocycles. The van der Waals surface area contributed by atoms with Gasteiger partial charge in [0, 0.05) is 6.54 Å². The Morgan fingerprint density at radius 1 is 1.47 bits per heavy atom. The Balaban J connectivity index is 2.21. The number of morpholine rings is 1. The highest BCUT2D eigenvalue weighted by Gasteiger charge is 2.30. The number of pyridine rings is 1. The largest absolute Gasteiger partial charge is 0.387 e. The van der Waals surface area contributed by atoms with Gasteiger partial charge in [-0.15, -0.1) is 0 Å². The zero-order valence-corrected chi connectivity index (χ0v) is 10.7. The molecule has 1 N–H and O–H groups in total. The van der Waals surface area contributed by atoms with Crippen LogP contribution in [0.15, 0.2) is 18.3 Å². The SMILES string of the molecule is C[C@H](O)c1ccc(N2CCOCC2(C)C)cn1. The molecule has 1 saturated heterocycles. The number of aliphatic hydroxyl groups is 1. The third-order valence-corrected chi connectivity index (χ3v) is 3.16. The van der Waals surface area contributed by atoms with Crippen molar-refractivity contribution in [2.75, 3.05) is 24.7 Å². The molecule has 0 amide bonds. The summed E-state index contributed by atoms with van der Waals surface area (Å²) < 4.78 is 5.50. The van der Waals surface area contributed by atoms with E-state index in [0.29, 0.717) is 5.69 Å². The number of rotatable bonds is 2. The highest BCUT2D eigenvalue weighted by Crippen LogP contribution is 2.26. The second-order valence-corrected chi connectivity index (χ2v) is 5.13. The maximum absolute atomic E-state index is 9.43. The average Bonchev–Trinajstić information content (AvgIpc) is 2.28. The van der Waals surface area contributed by atoms with Crippen molar-refractivity contribution in [3.8, 4) is 0 Å². The van der Waals surface area contributed by atoms with Crippen molar-refractivity contribution in [1.82, 2.24) is 4.98 Å². The topological polar surface area (TPSA) is 45.6 Å². The molecule has 1 aromatic rings. The van der Waals surface area contributed by atoms with Gasteiger partial charge in [0.1, 0.15) is 0 Å². The van der Waals surface area contributed by atoms with Gasteiger partial charge in [-0.3, -0.25) is 4.98 Å². The van der Waals surface area contributed by atoms with Crippen LogP contribution >= 0.6 is 0 Å². The first-order valence-electron chi connectivity index (χ1n) is 6.00. The highest BCUT2D eigenvalue weighted by atomic mass is 16.5. The van der Waals surface area contributed by atoms with Crippen molar-refractivity contribution < 1.29 is 9.84 Å². The van der Waals surface area contributed by atoms with Crippen molar-refractivity contribution in [3.05, 3.63) is 24.0 Å². The molecular weight excluding hydrogens is 216 g/mol. The van der Waals surface area contributed by atoms with Crippen LogP contribution in [0.2, 0.25) is 0 Å². The third kappa shape index (κ3) is 2.58. The lowest BCUT2D eigenvalue weighted by atomic mass is 10.0. The fourth-order valence-electron chi connectivity index (χ4n) is 2.14. The number of aromatic nitrogens is 1.